The molecule has 6 heteroatoms. The molecule has 2 aromatic carbocycles. The van der Waals surface area contributed by atoms with Crippen LogP contribution in [0.2, 0.25) is 10.0 Å². The van der Waals surface area contributed by atoms with Gasteiger partial charge in [0.25, 0.3) is 5.91 Å². The predicted octanol–water partition coefficient (Wildman–Crippen LogP) is 5.17. The van der Waals surface area contributed by atoms with Crippen molar-refractivity contribution in [3.8, 4) is 0 Å². The summed E-state index contributed by atoms with van der Waals surface area (Å²) < 4.78 is 0. The summed E-state index contributed by atoms with van der Waals surface area (Å²) in [5.74, 6) is 0.0767. The van der Waals surface area contributed by atoms with Crippen molar-refractivity contribution in [2.75, 3.05) is 11.4 Å². The summed E-state index contributed by atoms with van der Waals surface area (Å²) in [7, 11) is 0. The molecule has 0 atom stereocenters. The maximum atomic E-state index is 13.0. The van der Waals surface area contributed by atoms with Crippen LogP contribution >= 0.6 is 23.2 Å². The molecule has 3 rings (SSSR count). The lowest BCUT2D eigenvalue weighted by Crippen LogP contribution is -2.36. The molecule has 142 valence electrons. The smallest absolute Gasteiger partial charge is 0.254 e. The lowest BCUT2D eigenvalue weighted by atomic mass is 10.1. The van der Waals surface area contributed by atoms with E-state index in [0.29, 0.717) is 28.6 Å². The summed E-state index contributed by atoms with van der Waals surface area (Å²) in [6.07, 6.45) is 1.47. The van der Waals surface area contributed by atoms with Crippen LogP contribution in [-0.4, -0.2) is 29.3 Å². The van der Waals surface area contributed by atoms with Crippen LogP contribution in [0.3, 0.4) is 0 Å². The van der Waals surface area contributed by atoms with Crippen molar-refractivity contribution >= 4 is 40.7 Å². The molecular weight excluding hydrogens is 383 g/mol. The second-order valence-corrected chi connectivity index (χ2v) is 7.79. The van der Waals surface area contributed by atoms with Gasteiger partial charge in [-0.05, 0) is 62.2 Å². The Labute approximate surface area is 169 Å². The molecule has 4 nitrogen and oxygen atoms in total. The topological polar surface area (TPSA) is 40.6 Å². The number of anilines is 1. The highest BCUT2D eigenvalue weighted by molar-refractivity contribution is 6.42. The Morgan fingerprint density at radius 1 is 1.11 bits per heavy atom. The molecule has 0 aromatic heterocycles. The molecule has 0 spiro atoms. The van der Waals surface area contributed by atoms with Crippen LogP contribution in [0.5, 0.6) is 0 Å². The molecule has 0 aliphatic carbocycles. The quantitative estimate of drug-likeness (QED) is 0.689. The standard InChI is InChI=1S/C21H22Cl2N2O2/c1-14(2)25(13-15-5-10-18(22)19(23)12-15)21(27)16-6-8-17(9-7-16)24-11-3-4-20(24)26/h5-10,12,14H,3-4,11,13H2,1-2H3. The Hall–Kier alpha value is -2.04. The number of rotatable bonds is 5. The first-order valence-corrected chi connectivity index (χ1v) is 9.77. The summed E-state index contributed by atoms with van der Waals surface area (Å²) in [5.41, 5.74) is 2.36. The first-order valence-electron chi connectivity index (χ1n) is 9.02. The Morgan fingerprint density at radius 3 is 2.37 bits per heavy atom. The van der Waals surface area contributed by atoms with Gasteiger partial charge in [-0.1, -0.05) is 29.3 Å². The molecule has 2 aromatic rings. The van der Waals surface area contributed by atoms with Crippen molar-refractivity contribution in [3.05, 3.63) is 63.6 Å². The fourth-order valence-electron chi connectivity index (χ4n) is 3.19. The van der Waals surface area contributed by atoms with Gasteiger partial charge >= 0.3 is 0 Å². The summed E-state index contributed by atoms with van der Waals surface area (Å²) in [5, 5.41) is 0.972. The van der Waals surface area contributed by atoms with Gasteiger partial charge in [-0.25, -0.2) is 0 Å². The van der Waals surface area contributed by atoms with Gasteiger partial charge in [-0.15, -0.1) is 0 Å². The van der Waals surface area contributed by atoms with E-state index in [1.54, 1.807) is 34.1 Å². The number of carbonyl (C=O) groups is 2. The molecule has 2 amide bonds. The minimum Gasteiger partial charge on any atom is -0.332 e. The number of nitrogens with zero attached hydrogens (tertiary/aromatic N) is 2. The van der Waals surface area contributed by atoms with Crippen molar-refractivity contribution in [2.45, 2.75) is 39.3 Å². The Kier molecular flexibility index (Phi) is 6.08. The molecule has 27 heavy (non-hydrogen) atoms. The number of benzene rings is 2. The van der Waals surface area contributed by atoms with Crippen molar-refractivity contribution in [2.24, 2.45) is 0 Å². The molecule has 1 saturated heterocycles. The summed E-state index contributed by atoms with van der Waals surface area (Å²) in [6, 6.07) is 12.7. The van der Waals surface area contributed by atoms with Crippen LogP contribution in [0.25, 0.3) is 0 Å². The number of hydrogen-bond donors (Lipinski definition) is 0. The zero-order chi connectivity index (χ0) is 19.6. The van der Waals surface area contributed by atoms with Crippen LogP contribution in [0, 0.1) is 0 Å². The third-order valence-corrected chi connectivity index (χ3v) is 5.46. The highest BCUT2D eigenvalue weighted by Crippen LogP contribution is 2.25. The van der Waals surface area contributed by atoms with E-state index in [9.17, 15) is 9.59 Å². The Bertz CT molecular complexity index is 850. The predicted molar refractivity (Wildman–Crippen MR) is 110 cm³/mol. The summed E-state index contributed by atoms with van der Waals surface area (Å²) >= 11 is 12.1. The zero-order valence-corrected chi connectivity index (χ0v) is 16.9. The van der Waals surface area contributed by atoms with Crippen LogP contribution in [0.1, 0.15) is 42.6 Å². The van der Waals surface area contributed by atoms with Crippen LogP contribution in [0.4, 0.5) is 5.69 Å². The van der Waals surface area contributed by atoms with Crippen LogP contribution in [0.15, 0.2) is 42.5 Å². The molecular formula is C21H22Cl2N2O2. The first kappa shape index (κ1) is 19.7. The van der Waals surface area contributed by atoms with Gasteiger partial charge in [0.2, 0.25) is 5.91 Å². The molecule has 1 aliphatic rings. The minimum absolute atomic E-state index is 0.0202. The zero-order valence-electron chi connectivity index (χ0n) is 15.4. The molecule has 0 saturated carbocycles. The van der Waals surface area contributed by atoms with Gasteiger partial charge in [0, 0.05) is 36.8 Å². The highest BCUT2D eigenvalue weighted by Gasteiger charge is 2.23. The van der Waals surface area contributed by atoms with Crippen LogP contribution < -0.4 is 4.90 Å². The van der Waals surface area contributed by atoms with E-state index >= 15 is 0 Å². The fraction of sp³-hybridized carbons (Fsp3) is 0.333. The largest absolute Gasteiger partial charge is 0.332 e. The average Bonchev–Trinajstić information content (AvgIpc) is 3.08. The maximum Gasteiger partial charge on any atom is 0.254 e. The molecule has 1 fully saturated rings. The van der Waals surface area contributed by atoms with E-state index in [1.807, 2.05) is 32.0 Å². The van der Waals surface area contributed by atoms with Crippen molar-refractivity contribution in [1.82, 2.24) is 4.90 Å². The van der Waals surface area contributed by atoms with Crippen molar-refractivity contribution in [3.63, 3.8) is 0 Å². The van der Waals surface area contributed by atoms with E-state index in [0.717, 1.165) is 24.2 Å². The van der Waals surface area contributed by atoms with Crippen LogP contribution in [-0.2, 0) is 11.3 Å². The van der Waals surface area contributed by atoms with Crippen molar-refractivity contribution in [1.29, 1.82) is 0 Å². The molecule has 0 radical (unpaired) electrons. The SMILES string of the molecule is CC(C)N(Cc1ccc(Cl)c(Cl)c1)C(=O)c1ccc(N2CCCC2=O)cc1. The number of carbonyl (C=O) groups excluding carboxylic acids is 2. The van der Waals surface area contributed by atoms with Gasteiger partial charge in [0.15, 0.2) is 0 Å². The molecule has 0 bridgehead atoms. The molecule has 1 heterocycles. The normalized spacial score (nSPS) is 14.1. The lowest BCUT2D eigenvalue weighted by Gasteiger charge is -2.27. The van der Waals surface area contributed by atoms with Gasteiger partial charge in [0.1, 0.15) is 0 Å². The van der Waals surface area contributed by atoms with Gasteiger partial charge in [-0.3, -0.25) is 9.59 Å². The highest BCUT2D eigenvalue weighted by atomic mass is 35.5. The number of halogens is 2. The Morgan fingerprint density at radius 2 is 1.81 bits per heavy atom. The maximum absolute atomic E-state index is 13.0. The summed E-state index contributed by atoms with van der Waals surface area (Å²) in [6.45, 7) is 5.14. The van der Waals surface area contributed by atoms with Gasteiger partial charge in [-0.2, -0.15) is 0 Å². The number of hydrogen-bond acceptors (Lipinski definition) is 2. The van der Waals surface area contributed by atoms with E-state index < -0.39 is 0 Å². The lowest BCUT2D eigenvalue weighted by molar-refractivity contribution is -0.117. The van der Waals surface area contributed by atoms with E-state index in [4.69, 9.17) is 23.2 Å². The van der Waals surface area contributed by atoms with E-state index in [1.165, 1.54) is 0 Å². The third kappa shape index (κ3) is 4.45. The first-order chi connectivity index (χ1) is 12.9. The van der Waals surface area contributed by atoms with E-state index in [-0.39, 0.29) is 17.9 Å². The average molecular weight is 405 g/mol. The second kappa shape index (κ2) is 8.32. The monoisotopic (exact) mass is 404 g/mol. The molecule has 0 unspecified atom stereocenters. The summed E-state index contributed by atoms with van der Waals surface area (Å²) in [4.78, 5) is 28.5. The van der Waals surface area contributed by atoms with Gasteiger partial charge < -0.3 is 9.80 Å². The van der Waals surface area contributed by atoms with Crippen molar-refractivity contribution < 1.29 is 9.59 Å². The van der Waals surface area contributed by atoms with Gasteiger partial charge in [0.05, 0.1) is 10.0 Å². The molecule has 0 N–H and O–H groups in total. The Balaban J connectivity index is 1.78. The molecule has 1 aliphatic heterocycles. The third-order valence-electron chi connectivity index (χ3n) is 4.72. The fourth-order valence-corrected chi connectivity index (χ4v) is 3.52. The van der Waals surface area contributed by atoms with E-state index in [2.05, 4.69) is 0 Å². The minimum atomic E-state index is -0.0598. The number of amides is 2. The second-order valence-electron chi connectivity index (χ2n) is 6.97.